The number of nitrogens with zero attached hydrogens (tertiary/aromatic N) is 3. The standard InChI is InChI=1S/C27H32FN7O6/c1-14-3-16-18(8-34(31)7-15(30)11-41-13-32-25(38)6-29)19-9-35-23(26(19)33-22(16)5-21(14)28)4-17(24(37)10-36)20(12-40-2)27(35)39/h3-5,7,10,24,37H,6,8-9,11-13,29-31H2,1-2H3,(H,32,38)/b15-7-. The van der Waals surface area contributed by atoms with Crippen LogP contribution in [0.2, 0.25) is 0 Å². The van der Waals surface area contributed by atoms with Crippen LogP contribution in [-0.4, -0.2) is 58.9 Å². The van der Waals surface area contributed by atoms with Gasteiger partial charge in [-0.3, -0.25) is 9.59 Å². The molecule has 14 heteroatoms. The molecule has 1 aromatic carbocycles. The second-order valence-corrected chi connectivity index (χ2v) is 9.58. The van der Waals surface area contributed by atoms with Gasteiger partial charge in [0.15, 0.2) is 6.29 Å². The van der Waals surface area contributed by atoms with Gasteiger partial charge >= 0.3 is 0 Å². The number of hydrazine groups is 1. The van der Waals surface area contributed by atoms with E-state index in [-0.39, 0.29) is 62.3 Å². The van der Waals surface area contributed by atoms with Gasteiger partial charge in [0.25, 0.3) is 5.56 Å². The number of nitrogens with one attached hydrogen (secondary N) is 1. The molecule has 3 aromatic rings. The number of benzene rings is 1. The fraction of sp³-hybridized carbons (Fsp3) is 0.333. The lowest BCUT2D eigenvalue weighted by molar-refractivity contribution is -0.121. The molecule has 3 heterocycles. The van der Waals surface area contributed by atoms with Crippen molar-refractivity contribution in [1.29, 1.82) is 0 Å². The maximum absolute atomic E-state index is 14.6. The number of halogens is 1. The number of hydrogen-bond donors (Lipinski definition) is 5. The molecule has 0 bridgehead atoms. The van der Waals surface area contributed by atoms with Crippen LogP contribution in [0.4, 0.5) is 4.39 Å². The first-order valence-corrected chi connectivity index (χ1v) is 12.6. The van der Waals surface area contributed by atoms with Crippen LogP contribution in [0.3, 0.4) is 0 Å². The van der Waals surface area contributed by atoms with Gasteiger partial charge < -0.3 is 45.7 Å². The molecule has 0 aliphatic carbocycles. The first kappa shape index (κ1) is 29.8. The minimum Gasteiger partial charge on any atom is -0.399 e. The minimum atomic E-state index is -1.54. The van der Waals surface area contributed by atoms with Crippen molar-refractivity contribution < 1.29 is 28.6 Å². The van der Waals surface area contributed by atoms with E-state index in [0.717, 1.165) is 0 Å². The van der Waals surface area contributed by atoms with E-state index in [1.165, 1.54) is 35.0 Å². The third-order valence-electron chi connectivity index (χ3n) is 6.71. The van der Waals surface area contributed by atoms with Crippen LogP contribution in [0.1, 0.15) is 33.9 Å². The number of ether oxygens (including phenoxy) is 2. The zero-order chi connectivity index (χ0) is 29.8. The van der Waals surface area contributed by atoms with Crippen LogP contribution in [0, 0.1) is 12.7 Å². The lowest BCUT2D eigenvalue weighted by atomic mass is 9.98. The summed E-state index contributed by atoms with van der Waals surface area (Å²) in [5, 5.41) is 14.8. The molecule has 1 unspecified atom stereocenters. The highest BCUT2D eigenvalue weighted by Gasteiger charge is 2.30. The Bertz CT molecular complexity index is 1590. The molecular formula is C27H32FN7O6. The molecule has 1 amide bonds. The summed E-state index contributed by atoms with van der Waals surface area (Å²) in [4.78, 5) is 40.8. The molecule has 1 aliphatic rings. The average Bonchev–Trinajstić information content (AvgIpc) is 3.31. The highest BCUT2D eigenvalue weighted by atomic mass is 19.1. The predicted molar refractivity (Wildman–Crippen MR) is 147 cm³/mol. The Morgan fingerprint density at radius 2 is 2.10 bits per heavy atom. The number of aromatic nitrogens is 2. The summed E-state index contributed by atoms with van der Waals surface area (Å²) in [6, 6.07) is 4.51. The lowest BCUT2D eigenvalue weighted by Gasteiger charge is -2.19. The van der Waals surface area contributed by atoms with E-state index in [2.05, 4.69) is 10.3 Å². The van der Waals surface area contributed by atoms with E-state index < -0.39 is 17.5 Å². The first-order chi connectivity index (χ1) is 19.6. The van der Waals surface area contributed by atoms with Gasteiger partial charge in [-0.2, -0.15) is 0 Å². The molecule has 218 valence electrons. The predicted octanol–water partition coefficient (Wildman–Crippen LogP) is -0.224. The third-order valence-corrected chi connectivity index (χ3v) is 6.71. The van der Waals surface area contributed by atoms with Crippen LogP contribution in [0.5, 0.6) is 0 Å². The maximum Gasteiger partial charge on any atom is 0.257 e. The number of aryl methyl sites for hydroxylation is 1. The summed E-state index contributed by atoms with van der Waals surface area (Å²) in [7, 11) is 1.41. The van der Waals surface area contributed by atoms with E-state index in [1.807, 2.05) is 0 Å². The van der Waals surface area contributed by atoms with Crippen molar-refractivity contribution in [2.24, 2.45) is 17.3 Å². The fourth-order valence-electron chi connectivity index (χ4n) is 4.76. The van der Waals surface area contributed by atoms with Crippen molar-refractivity contribution in [2.45, 2.75) is 32.7 Å². The van der Waals surface area contributed by atoms with Crippen LogP contribution in [-0.2, 0) is 38.8 Å². The van der Waals surface area contributed by atoms with Crippen molar-refractivity contribution in [3.8, 4) is 11.4 Å². The number of aliphatic hydroxyl groups is 1. The zero-order valence-electron chi connectivity index (χ0n) is 22.6. The van der Waals surface area contributed by atoms with Gasteiger partial charge in [0.1, 0.15) is 18.7 Å². The molecule has 13 nitrogen and oxygen atoms in total. The Balaban J connectivity index is 1.76. The summed E-state index contributed by atoms with van der Waals surface area (Å²) < 4.78 is 26.6. The summed E-state index contributed by atoms with van der Waals surface area (Å²) in [5.74, 6) is 5.47. The number of nitrogens with two attached hydrogens (primary N) is 3. The van der Waals surface area contributed by atoms with E-state index >= 15 is 0 Å². The van der Waals surface area contributed by atoms with Gasteiger partial charge in [-0.05, 0) is 30.2 Å². The summed E-state index contributed by atoms with van der Waals surface area (Å²) >= 11 is 0. The Morgan fingerprint density at radius 3 is 2.78 bits per heavy atom. The van der Waals surface area contributed by atoms with Gasteiger partial charge in [-0.25, -0.2) is 15.2 Å². The average molecular weight is 570 g/mol. The number of aliphatic hydroxyl groups excluding tert-OH is 1. The second-order valence-electron chi connectivity index (χ2n) is 9.58. The third kappa shape index (κ3) is 6.11. The Labute approximate surface area is 234 Å². The van der Waals surface area contributed by atoms with Gasteiger partial charge in [-0.1, -0.05) is 0 Å². The lowest BCUT2D eigenvalue weighted by Crippen LogP contribution is -2.33. The largest absolute Gasteiger partial charge is 0.399 e. The SMILES string of the molecule is COCc1c(C(O)C=O)cc2n(c1=O)Cc1c-2nc2cc(F)c(C)cc2c1CN(N)/C=C(\N)COCNC(=O)CN. The quantitative estimate of drug-likeness (QED) is 0.0496. The molecule has 0 spiro atoms. The summed E-state index contributed by atoms with van der Waals surface area (Å²) in [6.45, 7) is 1.48. The Kier molecular flexibility index (Phi) is 9.10. The molecule has 1 atom stereocenters. The van der Waals surface area contributed by atoms with Gasteiger partial charge in [0, 0.05) is 41.5 Å². The Hall–Kier alpha value is -4.21. The van der Waals surface area contributed by atoms with Crippen molar-refractivity contribution >= 4 is 23.1 Å². The highest BCUT2D eigenvalue weighted by Crippen LogP contribution is 2.37. The number of hydrogen-bond acceptors (Lipinski definition) is 11. The molecule has 2 aromatic heterocycles. The van der Waals surface area contributed by atoms with Crippen molar-refractivity contribution in [3.63, 3.8) is 0 Å². The molecule has 41 heavy (non-hydrogen) atoms. The Morgan fingerprint density at radius 1 is 1.34 bits per heavy atom. The normalized spacial score (nSPS) is 13.2. The first-order valence-electron chi connectivity index (χ1n) is 12.6. The van der Waals surface area contributed by atoms with E-state index in [1.54, 1.807) is 13.0 Å². The van der Waals surface area contributed by atoms with Crippen LogP contribution in [0.25, 0.3) is 22.3 Å². The summed E-state index contributed by atoms with van der Waals surface area (Å²) in [5.41, 5.74) is 14.2. The van der Waals surface area contributed by atoms with E-state index in [4.69, 9.17) is 26.8 Å². The molecular weight excluding hydrogens is 537 g/mol. The zero-order valence-corrected chi connectivity index (χ0v) is 22.6. The number of fused-ring (bicyclic) bond motifs is 4. The number of carbonyl (C=O) groups excluding carboxylic acids is 2. The molecule has 4 rings (SSSR count). The van der Waals surface area contributed by atoms with Gasteiger partial charge in [-0.15, -0.1) is 0 Å². The topological polar surface area (TPSA) is 201 Å². The second kappa shape index (κ2) is 12.5. The van der Waals surface area contributed by atoms with Crippen molar-refractivity contribution in [1.82, 2.24) is 19.9 Å². The molecule has 0 saturated heterocycles. The molecule has 0 fully saturated rings. The number of rotatable bonds is 12. The van der Waals surface area contributed by atoms with Crippen LogP contribution >= 0.6 is 0 Å². The monoisotopic (exact) mass is 569 g/mol. The molecule has 8 N–H and O–H groups in total. The van der Waals surface area contributed by atoms with E-state index in [0.29, 0.717) is 45.3 Å². The van der Waals surface area contributed by atoms with Crippen LogP contribution < -0.4 is 28.2 Å². The number of methoxy groups -OCH3 is 1. The van der Waals surface area contributed by atoms with Crippen molar-refractivity contribution in [2.75, 3.05) is 27.0 Å². The number of carbonyl (C=O) groups is 2. The molecule has 0 radical (unpaired) electrons. The van der Waals surface area contributed by atoms with E-state index in [9.17, 15) is 23.9 Å². The number of amides is 1. The summed E-state index contributed by atoms with van der Waals surface area (Å²) in [6.07, 6.45) is 0.252. The smallest absolute Gasteiger partial charge is 0.257 e. The molecule has 0 saturated carbocycles. The maximum atomic E-state index is 14.6. The minimum absolute atomic E-state index is 0.0248. The van der Waals surface area contributed by atoms with Gasteiger partial charge in [0.05, 0.1) is 55.4 Å². The van der Waals surface area contributed by atoms with Crippen molar-refractivity contribution in [3.05, 3.63) is 74.1 Å². The highest BCUT2D eigenvalue weighted by molar-refractivity contribution is 5.88. The fourth-order valence-corrected chi connectivity index (χ4v) is 4.76. The van der Waals surface area contributed by atoms with Crippen LogP contribution in [0.15, 0.2) is 34.9 Å². The van der Waals surface area contributed by atoms with Gasteiger partial charge in [0.2, 0.25) is 5.91 Å². The number of pyridine rings is 2. The number of aldehydes is 1. The molecule has 1 aliphatic heterocycles.